The van der Waals surface area contributed by atoms with Crippen molar-refractivity contribution < 1.29 is 47.1 Å². The summed E-state index contributed by atoms with van der Waals surface area (Å²) >= 11 is 0. The van der Waals surface area contributed by atoms with E-state index < -0.39 is 18.4 Å². The standard InChI is InChI=1S/C29H33F2N5O6.CH2O2/c1-17-25(18(2)42-33-17)28(39)35-15-20-19-7-8-23(40-3)24(14-19)41-13-12-34(10-5-9-32-26(37)21(20)16-35)27(38)22-6-4-11-36(22)29(30)31;2-1-3/h4,6-8,11,14,20-21,29H,5,9-10,12-13,15-16H2,1-3H3,(H,32,37);1H,(H,2,3)/t20-,21+;/m1./s1. The molecule has 2 aromatic heterocycles. The van der Waals surface area contributed by atoms with Crippen molar-refractivity contribution in [3.05, 3.63) is 64.8 Å². The van der Waals surface area contributed by atoms with E-state index in [-0.39, 0.29) is 62.7 Å². The molecule has 0 spiro atoms. The molecule has 1 fully saturated rings. The molecule has 1 saturated heterocycles. The van der Waals surface area contributed by atoms with Crippen LogP contribution in [0, 0.1) is 19.8 Å². The second-order valence-corrected chi connectivity index (χ2v) is 10.5. The fourth-order valence-corrected chi connectivity index (χ4v) is 5.66. The minimum atomic E-state index is -2.86. The Hall–Kier alpha value is -4.95. The van der Waals surface area contributed by atoms with E-state index in [4.69, 9.17) is 23.9 Å². The van der Waals surface area contributed by atoms with Crippen molar-refractivity contribution in [1.82, 2.24) is 24.8 Å². The first-order chi connectivity index (χ1) is 21.6. The number of benzene rings is 1. The molecule has 2 N–H and O–H groups in total. The average Bonchev–Trinajstić information content (AvgIpc) is 3.76. The molecule has 3 aromatic rings. The van der Waals surface area contributed by atoms with Crippen LogP contribution in [0.3, 0.4) is 0 Å². The highest BCUT2D eigenvalue weighted by Crippen LogP contribution is 2.38. The molecule has 4 heterocycles. The largest absolute Gasteiger partial charge is 0.493 e. The highest BCUT2D eigenvalue weighted by molar-refractivity contribution is 5.97. The summed E-state index contributed by atoms with van der Waals surface area (Å²) in [5.41, 5.74) is 1.54. The van der Waals surface area contributed by atoms with E-state index in [0.717, 1.165) is 11.8 Å². The lowest BCUT2D eigenvalue weighted by Crippen LogP contribution is -2.40. The number of carboxylic acid groups (broad SMARTS) is 1. The predicted octanol–water partition coefficient (Wildman–Crippen LogP) is 3.09. The van der Waals surface area contributed by atoms with Gasteiger partial charge < -0.3 is 34.2 Å². The van der Waals surface area contributed by atoms with Gasteiger partial charge in [0.2, 0.25) is 5.91 Å². The number of likely N-dealkylation sites (tertiary alicyclic amines) is 1. The molecule has 0 unspecified atom stereocenters. The fraction of sp³-hybridized carbons (Fsp3) is 0.433. The van der Waals surface area contributed by atoms with Gasteiger partial charge >= 0.3 is 6.55 Å². The zero-order valence-corrected chi connectivity index (χ0v) is 25.1. The predicted molar refractivity (Wildman–Crippen MR) is 155 cm³/mol. The summed E-state index contributed by atoms with van der Waals surface area (Å²) in [5.74, 6) is -0.627. The van der Waals surface area contributed by atoms with Gasteiger partial charge in [0.05, 0.1) is 25.3 Å². The molecule has 2 aliphatic rings. The summed E-state index contributed by atoms with van der Waals surface area (Å²) in [6, 6.07) is 8.12. The van der Waals surface area contributed by atoms with Crippen LogP contribution in [-0.4, -0.2) is 95.3 Å². The molecule has 0 aliphatic carbocycles. The molecular weight excluding hydrogens is 596 g/mol. The van der Waals surface area contributed by atoms with Crippen molar-refractivity contribution in [3.8, 4) is 11.5 Å². The minimum Gasteiger partial charge on any atom is -0.493 e. The number of nitrogens with one attached hydrogen (secondary N) is 1. The van der Waals surface area contributed by atoms with Crippen LogP contribution in [-0.2, 0) is 9.59 Å². The normalized spacial score (nSPS) is 18.6. The van der Waals surface area contributed by atoms with E-state index in [0.29, 0.717) is 46.0 Å². The van der Waals surface area contributed by atoms with Gasteiger partial charge in [-0.3, -0.25) is 23.7 Å². The first-order valence-electron chi connectivity index (χ1n) is 14.2. The summed E-state index contributed by atoms with van der Waals surface area (Å²) in [6.45, 7) is 1.44. The van der Waals surface area contributed by atoms with Crippen molar-refractivity contribution in [2.75, 3.05) is 46.4 Å². The van der Waals surface area contributed by atoms with Crippen molar-refractivity contribution >= 4 is 24.2 Å². The van der Waals surface area contributed by atoms with Crippen LogP contribution in [0.2, 0.25) is 0 Å². The van der Waals surface area contributed by atoms with Gasteiger partial charge in [0.1, 0.15) is 23.6 Å². The topological polar surface area (TPSA) is 156 Å². The number of aromatic nitrogens is 2. The summed E-state index contributed by atoms with van der Waals surface area (Å²) in [7, 11) is 1.50. The number of alkyl halides is 2. The number of carbonyl (C=O) groups excluding carboxylic acids is 3. The molecule has 0 saturated carbocycles. The van der Waals surface area contributed by atoms with Crippen molar-refractivity contribution in [2.24, 2.45) is 5.92 Å². The fourth-order valence-electron chi connectivity index (χ4n) is 5.66. The van der Waals surface area contributed by atoms with Gasteiger partial charge in [-0.15, -0.1) is 0 Å². The van der Waals surface area contributed by atoms with E-state index in [1.807, 2.05) is 6.07 Å². The second-order valence-electron chi connectivity index (χ2n) is 10.5. The van der Waals surface area contributed by atoms with Crippen LogP contribution in [0.15, 0.2) is 41.1 Å². The number of amides is 3. The molecule has 2 atom stereocenters. The third kappa shape index (κ3) is 7.24. The first-order valence-corrected chi connectivity index (χ1v) is 14.2. The Morgan fingerprint density at radius 3 is 2.53 bits per heavy atom. The van der Waals surface area contributed by atoms with Gasteiger partial charge in [-0.1, -0.05) is 11.2 Å². The number of ether oxygens (including phenoxy) is 2. The van der Waals surface area contributed by atoms with Crippen molar-refractivity contribution in [1.29, 1.82) is 0 Å². The Balaban J connectivity index is 0.00000148. The van der Waals surface area contributed by atoms with Crippen LogP contribution >= 0.6 is 0 Å². The summed E-state index contributed by atoms with van der Waals surface area (Å²) < 4.78 is 44.3. The smallest absolute Gasteiger partial charge is 0.319 e. The van der Waals surface area contributed by atoms with Crippen LogP contribution < -0.4 is 14.8 Å². The monoisotopic (exact) mass is 631 g/mol. The van der Waals surface area contributed by atoms with E-state index in [1.165, 1.54) is 24.1 Å². The second kappa shape index (κ2) is 14.7. The highest BCUT2D eigenvalue weighted by atomic mass is 19.3. The summed E-state index contributed by atoms with van der Waals surface area (Å²) in [5, 5.41) is 13.7. The Kier molecular flexibility index (Phi) is 10.8. The van der Waals surface area contributed by atoms with Crippen LogP contribution in [0.25, 0.3) is 0 Å². The summed E-state index contributed by atoms with van der Waals surface area (Å²) in [4.78, 5) is 51.6. The molecule has 0 radical (unpaired) electrons. The molecule has 2 aliphatic heterocycles. The number of fused-ring (bicyclic) bond motifs is 4. The molecular formula is C30H35F2N5O8. The van der Waals surface area contributed by atoms with Gasteiger partial charge in [0.25, 0.3) is 18.3 Å². The van der Waals surface area contributed by atoms with Crippen molar-refractivity contribution in [3.63, 3.8) is 0 Å². The Morgan fingerprint density at radius 2 is 1.87 bits per heavy atom. The number of aryl methyl sites for hydroxylation is 2. The van der Waals surface area contributed by atoms with Crippen LogP contribution in [0.4, 0.5) is 8.78 Å². The summed E-state index contributed by atoms with van der Waals surface area (Å²) in [6.07, 6.45) is 1.55. The average molecular weight is 632 g/mol. The molecule has 3 amide bonds. The lowest BCUT2D eigenvalue weighted by Gasteiger charge is -2.25. The molecule has 45 heavy (non-hydrogen) atoms. The molecule has 15 heteroatoms. The number of rotatable bonds is 4. The molecule has 1 aromatic carbocycles. The lowest BCUT2D eigenvalue weighted by molar-refractivity contribution is -0.125. The lowest BCUT2D eigenvalue weighted by atomic mass is 9.88. The minimum absolute atomic E-state index is 0.0814. The number of carbonyl (C=O) groups is 4. The molecule has 242 valence electrons. The SMILES string of the molecule is COc1ccc2cc1OCCN(C(=O)c1cccn1C(F)F)CCCNC(=O)[C@H]1CN(C(=O)c3c(C)noc3C)C[C@H]21.O=CO. The Morgan fingerprint density at radius 1 is 1.13 bits per heavy atom. The Bertz CT molecular complexity index is 1500. The van der Waals surface area contributed by atoms with Gasteiger partial charge in [0, 0.05) is 38.3 Å². The molecule has 5 rings (SSSR count). The van der Waals surface area contributed by atoms with Crippen LogP contribution in [0.1, 0.15) is 56.8 Å². The van der Waals surface area contributed by atoms with Gasteiger partial charge in [-0.2, -0.15) is 8.78 Å². The molecule has 2 bridgehead atoms. The number of nitrogens with zero attached hydrogens (tertiary/aromatic N) is 4. The quantitative estimate of drug-likeness (QED) is 0.413. The van der Waals surface area contributed by atoms with E-state index >= 15 is 0 Å². The van der Waals surface area contributed by atoms with Gasteiger partial charge in [0.15, 0.2) is 11.5 Å². The number of halogens is 2. The highest BCUT2D eigenvalue weighted by Gasteiger charge is 2.42. The van der Waals surface area contributed by atoms with E-state index in [9.17, 15) is 23.2 Å². The maximum Gasteiger partial charge on any atom is 0.319 e. The Labute approximate surface area is 257 Å². The van der Waals surface area contributed by atoms with E-state index in [2.05, 4.69) is 10.5 Å². The number of hydrogen-bond acceptors (Lipinski definition) is 8. The number of hydrogen-bond donors (Lipinski definition) is 2. The molecule has 13 nitrogen and oxygen atoms in total. The zero-order valence-electron chi connectivity index (χ0n) is 25.1. The van der Waals surface area contributed by atoms with Crippen LogP contribution in [0.5, 0.6) is 11.5 Å². The van der Waals surface area contributed by atoms with E-state index in [1.54, 1.807) is 30.9 Å². The third-order valence-electron chi connectivity index (χ3n) is 7.83. The number of methoxy groups -OCH3 is 1. The van der Waals surface area contributed by atoms with Gasteiger partial charge in [-0.25, -0.2) is 0 Å². The zero-order chi connectivity index (χ0) is 32.7. The van der Waals surface area contributed by atoms with Crippen molar-refractivity contribution in [2.45, 2.75) is 32.7 Å². The van der Waals surface area contributed by atoms with Gasteiger partial charge in [-0.05, 0) is 50.1 Å². The third-order valence-corrected chi connectivity index (χ3v) is 7.83. The maximum absolute atomic E-state index is 13.5. The maximum atomic E-state index is 13.5. The first kappa shape index (κ1) is 33.0.